The van der Waals surface area contributed by atoms with Crippen LogP contribution >= 0.6 is 11.3 Å². The van der Waals surface area contributed by atoms with Crippen LogP contribution in [0.15, 0.2) is 18.3 Å². The van der Waals surface area contributed by atoms with Gasteiger partial charge < -0.3 is 16.0 Å². The number of carbonyl (C=O) groups excluding carboxylic acids is 1. The number of nitrogens with two attached hydrogens (primary N) is 1. The first kappa shape index (κ1) is 15.2. The van der Waals surface area contributed by atoms with Crippen LogP contribution in [0.1, 0.15) is 28.7 Å². The zero-order valence-corrected chi connectivity index (χ0v) is 13.2. The molecular weight excluding hydrogens is 286 g/mol. The fourth-order valence-electron chi connectivity index (χ4n) is 1.81. The molecule has 112 valence electrons. The maximum atomic E-state index is 12.2. The first-order valence-electron chi connectivity index (χ1n) is 6.72. The van der Waals surface area contributed by atoms with Crippen LogP contribution < -0.4 is 16.0 Å². The van der Waals surface area contributed by atoms with Crippen molar-refractivity contribution < 1.29 is 4.79 Å². The summed E-state index contributed by atoms with van der Waals surface area (Å²) in [5.41, 5.74) is 7.39. The molecule has 2 rings (SSSR count). The largest absolute Gasteiger partial charge is 0.382 e. The van der Waals surface area contributed by atoms with Crippen LogP contribution in [0.4, 0.5) is 16.6 Å². The Labute approximate surface area is 128 Å². The number of rotatable bonds is 5. The average Bonchev–Trinajstić information content (AvgIpc) is 2.84. The van der Waals surface area contributed by atoms with E-state index in [1.807, 2.05) is 31.0 Å². The summed E-state index contributed by atoms with van der Waals surface area (Å²) >= 11 is 1.30. The van der Waals surface area contributed by atoms with Crippen molar-refractivity contribution in [1.29, 1.82) is 0 Å². The summed E-state index contributed by atoms with van der Waals surface area (Å²) in [6.07, 6.45) is 2.63. The van der Waals surface area contributed by atoms with Crippen LogP contribution in [0.2, 0.25) is 0 Å². The van der Waals surface area contributed by atoms with E-state index >= 15 is 0 Å². The minimum atomic E-state index is -0.258. The van der Waals surface area contributed by atoms with Crippen molar-refractivity contribution >= 4 is 33.9 Å². The van der Waals surface area contributed by atoms with Crippen molar-refractivity contribution in [3.63, 3.8) is 0 Å². The molecule has 0 saturated heterocycles. The summed E-state index contributed by atoms with van der Waals surface area (Å²) in [6.45, 7) is 4.85. The zero-order chi connectivity index (χ0) is 15.4. The number of thiazole rings is 1. The number of pyridine rings is 1. The van der Waals surface area contributed by atoms with Gasteiger partial charge in [-0.25, -0.2) is 4.98 Å². The van der Waals surface area contributed by atoms with Gasteiger partial charge in [0, 0.05) is 19.3 Å². The fraction of sp³-hybridized carbons (Fsp3) is 0.357. The number of nitrogens with zero attached hydrogens (tertiary/aromatic N) is 3. The molecule has 0 unspecified atom stereocenters. The van der Waals surface area contributed by atoms with Crippen LogP contribution in [0.5, 0.6) is 0 Å². The van der Waals surface area contributed by atoms with E-state index in [0.29, 0.717) is 10.6 Å². The highest BCUT2D eigenvalue weighted by Gasteiger charge is 2.18. The number of carbonyl (C=O) groups is 1. The lowest BCUT2D eigenvalue weighted by Gasteiger charge is -2.13. The van der Waals surface area contributed by atoms with Gasteiger partial charge in [-0.2, -0.15) is 0 Å². The summed E-state index contributed by atoms with van der Waals surface area (Å²) in [5, 5.41) is 3.53. The number of nitrogens with one attached hydrogen (secondary N) is 1. The zero-order valence-electron chi connectivity index (χ0n) is 12.4. The number of hydrogen-bond donors (Lipinski definition) is 2. The highest BCUT2D eigenvalue weighted by molar-refractivity contribution is 7.18. The lowest BCUT2D eigenvalue weighted by atomic mass is 10.3. The topological polar surface area (TPSA) is 84.1 Å². The Morgan fingerprint density at radius 3 is 2.86 bits per heavy atom. The lowest BCUT2D eigenvalue weighted by molar-refractivity contribution is 0.103. The second kappa shape index (κ2) is 6.53. The number of nitrogen functional groups attached to an aromatic ring is 1. The molecular formula is C14H19N5OS. The van der Waals surface area contributed by atoms with E-state index in [1.165, 1.54) is 11.3 Å². The van der Waals surface area contributed by atoms with Crippen molar-refractivity contribution in [3.8, 4) is 0 Å². The molecule has 0 atom stereocenters. The fourth-order valence-corrected chi connectivity index (χ4v) is 2.67. The quantitative estimate of drug-likeness (QED) is 0.886. The standard InChI is InChI=1S/C14H19N5OS/c1-4-7-19(3)14-18-12(15)11(21-14)13(20)17-10-6-5-9(2)16-8-10/h5-6,8H,4,7,15H2,1-3H3,(H,17,20). The summed E-state index contributed by atoms with van der Waals surface area (Å²) in [7, 11) is 1.94. The van der Waals surface area contributed by atoms with Crippen LogP contribution in [0, 0.1) is 6.92 Å². The van der Waals surface area contributed by atoms with E-state index in [-0.39, 0.29) is 11.7 Å². The molecule has 0 aliphatic rings. The van der Waals surface area contributed by atoms with Gasteiger partial charge in [0.2, 0.25) is 0 Å². The normalized spacial score (nSPS) is 10.4. The van der Waals surface area contributed by atoms with Gasteiger partial charge in [0.25, 0.3) is 5.91 Å². The SMILES string of the molecule is CCCN(C)c1nc(N)c(C(=O)Nc2ccc(C)nc2)s1. The molecule has 0 fully saturated rings. The van der Waals surface area contributed by atoms with Crippen molar-refractivity contribution in [1.82, 2.24) is 9.97 Å². The van der Waals surface area contributed by atoms with Gasteiger partial charge in [0.05, 0.1) is 11.9 Å². The molecule has 0 bridgehead atoms. The van der Waals surface area contributed by atoms with Crippen molar-refractivity contribution in [2.24, 2.45) is 0 Å². The molecule has 2 aromatic heterocycles. The first-order chi connectivity index (χ1) is 10.0. The third-order valence-electron chi connectivity index (χ3n) is 2.90. The minimum Gasteiger partial charge on any atom is -0.382 e. The molecule has 0 aliphatic heterocycles. The van der Waals surface area contributed by atoms with Gasteiger partial charge in [-0.1, -0.05) is 18.3 Å². The monoisotopic (exact) mass is 305 g/mol. The molecule has 7 heteroatoms. The Morgan fingerprint density at radius 1 is 1.48 bits per heavy atom. The summed E-state index contributed by atoms with van der Waals surface area (Å²) in [5.74, 6) is 0.00215. The van der Waals surface area contributed by atoms with Gasteiger partial charge in [-0.15, -0.1) is 0 Å². The highest BCUT2D eigenvalue weighted by Crippen LogP contribution is 2.28. The minimum absolute atomic E-state index is 0.258. The molecule has 0 aromatic carbocycles. The average molecular weight is 305 g/mol. The molecule has 2 aromatic rings. The Morgan fingerprint density at radius 2 is 2.24 bits per heavy atom. The van der Waals surface area contributed by atoms with Crippen LogP contribution in [0.25, 0.3) is 0 Å². The Balaban J connectivity index is 2.14. The van der Waals surface area contributed by atoms with E-state index in [2.05, 4.69) is 22.2 Å². The molecule has 0 spiro atoms. The third kappa shape index (κ3) is 3.69. The van der Waals surface area contributed by atoms with Gasteiger partial charge in [0.15, 0.2) is 5.13 Å². The van der Waals surface area contributed by atoms with Crippen LogP contribution in [-0.4, -0.2) is 29.5 Å². The maximum absolute atomic E-state index is 12.2. The number of hydrogen-bond acceptors (Lipinski definition) is 6. The molecule has 3 N–H and O–H groups in total. The predicted molar refractivity (Wildman–Crippen MR) is 87.0 cm³/mol. The van der Waals surface area contributed by atoms with Crippen LogP contribution in [-0.2, 0) is 0 Å². The van der Waals surface area contributed by atoms with Gasteiger partial charge in [0.1, 0.15) is 10.7 Å². The molecule has 2 heterocycles. The van der Waals surface area contributed by atoms with Crippen molar-refractivity contribution in [3.05, 3.63) is 28.9 Å². The molecule has 0 aliphatic carbocycles. The molecule has 0 saturated carbocycles. The van der Waals surface area contributed by atoms with Gasteiger partial charge >= 0.3 is 0 Å². The number of aryl methyl sites for hydroxylation is 1. The summed E-state index contributed by atoms with van der Waals surface area (Å²) < 4.78 is 0. The Bertz CT molecular complexity index is 623. The van der Waals surface area contributed by atoms with Gasteiger partial charge in [-0.05, 0) is 25.5 Å². The lowest BCUT2D eigenvalue weighted by Crippen LogP contribution is -2.17. The Hall–Kier alpha value is -2.15. The smallest absolute Gasteiger partial charge is 0.269 e. The molecule has 21 heavy (non-hydrogen) atoms. The van der Waals surface area contributed by atoms with E-state index < -0.39 is 0 Å². The van der Waals surface area contributed by atoms with E-state index in [1.54, 1.807) is 6.20 Å². The maximum Gasteiger partial charge on any atom is 0.269 e. The number of anilines is 3. The Kier molecular flexibility index (Phi) is 4.74. The summed E-state index contributed by atoms with van der Waals surface area (Å²) in [6, 6.07) is 3.65. The molecule has 0 radical (unpaired) electrons. The molecule has 6 nitrogen and oxygen atoms in total. The second-order valence-electron chi connectivity index (χ2n) is 4.77. The second-order valence-corrected chi connectivity index (χ2v) is 5.75. The van der Waals surface area contributed by atoms with Crippen LogP contribution in [0.3, 0.4) is 0 Å². The summed E-state index contributed by atoms with van der Waals surface area (Å²) in [4.78, 5) is 23.1. The molecule has 1 amide bonds. The highest BCUT2D eigenvalue weighted by atomic mass is 32.1. The van der Waals surface area contributed by atoms with Gasteiger partial charge in [-0.3, -0.25) is 9.78 Å². The van der Waals surface area contributed by atoms with E-state index in [0.717, 1.165) is 23.8 Å². The third-order valence-corrected chi connectivity index (χ3v) is 4.09. The van der Waals surface area contributed by atoms with E-state index in [9.17, 15) is 4.79 Å². The predicted octanol–water partition coefficient (Wildman–Crippen LogP) is 2.53. The van der Waals surface area contributed by atoms with Crippen molar-refractivity contribution in [2.45, 2.75) is 20.3 Å². The number of amides is 1. The van der Waals surface area contributed by atoms with Crippen molar-refractivity contribution in [2.75, 3.05) is 29.5 Å². The van der Waals surface area contributed by atoms with E-state index in [4.69, 9.17) is 5.73 Å². The first-order valence-corrected chi connectivity index (χ1v) is 7.54. The number of aromatic nitrogens is 2.